The van der Waals surface area contributed by atoms with Gasteiger partial charge in [-0.1, -0.05) is 42.5 Å². The molecule has 1 saturated heterocycles. The van der Waals surface area contributed by atoms with Crippen LogP contribution in [0.3, 0.4) is 0 Å². The van der Waals surface area contributed by atoms with Crippen molar-refractivity contribution in [2.75, 3.05) is 35.6 Å². The number of benzene rings is 2. The van der Waals surface area contributed by atoms with E-state index in [4.69, 9.17) is 0 Å². The molecule has 0 radical (unpaired) electrons. The zero-order chi connectivity index (χ0) is 28.2. The van der Waals surface area contributed by atoms with Gasteiger partial charge in [0.15, 0.2) is 0 Å². The highest BCUT2D eigenvalue weighted by Gasteiger charge is 2.35. The molecule has 2 amide bonds. The minimum atomic E-state index is -0.190. The molecule has 210 valence electrons. The van der Waals surface area contributed by atoms with Crippen molar-refractivity contribution in [3.8, 4) is 0 Å². The highest BCUT2D eigenvalue weighted by atomic mass is 32.2. The molecule has 7 nitrogen and oxygen atoms in total. The molecule has 2 N–H and O–H groups in total. The number of carbonyl (C=O) groups excluding carboxylic acids is 2. The van der Waals surface area contributed by atoms with Crippen LogP contribution >= 0.6 is 23.1 Å². The number of carbonyl (C=O) groups is 2. The number of nitrogens with one attached hydrogen (secondary N) is 2. The summed E-state index contributed by atoms with van der Waals surface area (Å²) < 4.78 is 1.92. The zero-order valence-corrected chi connectivity index (χ0v) is 24.3. The van der Waals surface area contributed by atoms with Crippen LogP contribution in [0.1, 0.15) is 43.6 Å². The first-order valence-electron chi connectivity index (χ1n) is 13.9. The Morgan fingerprint density at radius 2 is 1.80 bits per heavy atom. The maximum atomic E-state index is 13.1. The van der Waals surface area contributed by atoms with E-state index in [1.54, 1.807) is 30.0 Å². The van der Waals surface area contributed by atoms with Crippen molar-refractivity contribution in [1.82, 2.24) is 9.88 Å². The first-order chi connectivity index (χ1) is 20.0. The van der Waals surface area contributed by atoms with E-state index in [0.717, 1.165) is 42.4 Å². The van der Waals surface area contributed by atoms with Gasteiger partial charge in [-0.3, -0.25) is 14.4 Å². The van der Waals surface area contributed by atoms with Crippen molar-refractivity contribution in [3.63, 3.8) is 0 Å². The lowest BCUT2D eigenvalue weighted by atomic mass is 9.83. The largest absolute Gasteiger partial charge is 0.369 e. The van der Waals surface area contributed by atoms with Crippen molar-refractivity contribution in [2.24, 2.45) is 5.92 Å². The standard InChI is InChI=1S/C32H32N4O3S2/c37-30-10-4-8-27-25-16-23(19-36(27)30)18-35(20-25)28-12-11-24(17-26(28)34-32(39)29-9-5-14-41-29)31(38)33-13-15-40-21-22-6-2-1-3-7-22/h1-12,14,17,23,25H,13,15-16,18-21H2,(H,33,38)(H,34,39). The van der Waals surface area contributed by atoms with Gasteiger partial charge in [-0.05, 0) is 53.6 Å². The Balaban J connectivity index is 1.18. The Hall–Kier alpha value is -3.82. The number of thiophene rings is 1. The molecule has 2 atom stereocenters. The summed E-state index contributed by atoms with van der Waals surface area (Å²) >= 11 is 3.16. The van der Waals surface area contributed by atoms with Gasteiger partial charge < -0.3 is 20.1 Å². The van der Waals surface area contributed by atoms with Crippen LogP contribution in [0.25, 0.3) is 0 Å². The third kappa shape index (κ3) is 6.26. The average Bonchev–Trinajstić information content (AvgIpc) is 3.53. The molecule has 2 aliphatic rings. The van der Waals surface area contributed by atoms with Crippen LogP contribution in [-0.2, 0) is 12.3 Å². The van der Waals surface area contributed by atoms with E-state index in [-0.39, 0.29) is 23.3 Å². The highest BCUT2D eigenvalue weighted by molar-refractivity contribution is 7.98. The quantitative estimate of drug-likeness (QED) is 0.256. The highest BCUT2D eigenvalue weighted by Crippen LogP contribution is 2.39. The van der Waals surface area contributed by atoms with Gasteiger partial charge in [0.25, 0.3) is 17.4 Å². The number of fused-ring (bicyclic) bond motifs is 4. The summed E-state index contributed by atoms with van der Waals surface area (Å²) in [5, 5.41) is 7.98. The SMILES string of the molecule is O=C(NCCSCc1ccccc1)c1ccc(N2CC3CC(C2)c2cccc(=O)n2C3)c(NC(=O)c2cccs2)c1. The third-order valence-electron chi connectivity index (χ3n) is 7.72. The second kappa shape index (κ2) is 12.4. The molecule has 0 aliphatic carbocycles. The monoisotopic (exact) mass is 584 g/mol. The van der Waals surface area contributed by atoms with Crippen LogP contribution in [0.15, 0.2) is 89.0 Å². The molecule has 4 aromatic rings. The molecular formula is C32H32N4O3S2. The van der Waals surface area contributed by atoms with Gasteiger partial charge in [0.05, 0.1) is 16.3 Å². The first-order valence-corrected chi connectivity index (χ1v) is 15.9. The van der Waals surface area contributed by atoms with Crippen LogP contribution < -0.4 is 21.1 Å². The van der Waals surface area contributed by atoms with E-state index in [1.165, 1.54) is 16.9 Å². The Morgan fingerprint density at radius 1 is 0.927 bits per heavy atom. The second-order valence-corrected chi connectivity index (χ2v) is 12.6. The summed E-state index contributed by atoms with van der Waals surface area (Å²) in [4.78, 5) is 41.6. The minimum Gasteiger partial charge on any atom is -0.369 e. The van der Waals surface area contributed by atoms with Crippen LogP contribution in [0.2, 0.25) is 0 Å². The van der Waals surface area contributed by atoms with Crippen molar-refractivity contribution in [1.29, 1.82) is 0 Å². The maximum Gasteiger partial charge on any atom is 0.265 e. The predicted molar refractivity (Wildman–Crippen MR) is 167 cm³/mol. The molecule has 2 aliphatic heterocycles. The molecule has 0 saturated carbocycles. The number of anilines is 2. The molecule has 6 rings (SSSR count). The van der Waals surface area contributed by atoms with E-state index in [1.807, 2.05) is 52.4 Å². The lowest BCUT2D eigenvalue weighted by Crippen LogP contribution is -2.47. The van der Waals surface area contributed by atoms with E-state index in [2.05, 4.69) is 33.7 Å². The summed E-state index contributed by atoms with van der Waals surface area (Å²) in [6.07, 6.45) is 1.04. The number of rotatable bonds is 9. The minimum absolute atomic E-state index is 0.0587. The molecular weight excluding hydrogens is 553 g/mol. The van der Waals surface area contributed by atoms with Gasteiger partial charge in [0.1, 0.15) is 0 Å². The molecule has 2 bridgehead atoms. The molecule has 1 fully saturated rings. The number of amides is 2. The number of aromatic nitrogens is 1. The van der Waals surface area contributed by atoms with Crippen LogP contribution in [-0.4, -0.2) is 41.8 Å². The van der Waals surface area contributed by atoms with Crippen molar-refractivity contribution in [2.45, 2.75) is 24.6 Å². The van der Waals surface area contributed by atoms with Gasteiger partial charge in [0.2, 0.25) is 0 Å². The number of hydrogen-bond donors (Lipinski definition) is 2. The fraction of sp³-hybridized carbons (Fsp3) is 0.281. The number of nitrogens with zero attached hydrogens (tertiary/aromatic N) is 2. The van der Waals surface area contributed by atoms with E-state index >= 15 is 0 Å². The van der Waals surface area contributed by atoms with Gasteiger partial charge in [-0.15, -0.1) is 11.3 Å². The van der Waals surface area contributed by atoms with Crippen molar-refractivity contribution < 1.29 is 9.59 Å². The number of thioether (sulfide) groups is 1. The fourth-order valence-corrected chi connectivity index (χ4v) is 7.28. The Bertz CT molecular complexity index is 1590. The van der Waals surface area contributed by atoms with Crippen LogP contribution in [0.4, 0.5) is 11.4 Å². The third-order valence-corrected chi connectivity index (χ3v) is 9.61. The molecule has 2 unspecified atom stereocenters. The van der Waals surface area contributed by atoms with E-state index in [9.17, 15) is 14.4 Å². The van der Waals surface area contributed by atoms with Crippen LogP contribution in [0.5, 0.6) is 0 Å². The van der Waals surface area contributed by atoms with Gasteiger partial charge in [0, 0.05) is 60.9 Å². The topological polar surface area (TPSA) is 83.4 Å². The smallest absolute Gasteiger partial charge is 0.265 e. The molecule has 2 aromatic carbocycles. The summed E-state index contributed by atoms with van der Waals surface area (Å²) in [6, 6.07) is 25.0. The van der Waals surface area contributed by atoms with Crippen LogP contribution in [0, 0.1) is 5.92 Å². The number of piperidine rings is 1. The number of hydrogen-bond acceptors (Lipinski definition) is 6. The zero-order valence-electron chi connectivity index (χ0n) is 22.6. The lowest BCUT2D eigenvalue weighted by molar-refractivity contribution is 0.0954. The van der Waals surface area contributed by atoms with Gasteiger partial charge in [-0.25, -0.2) is 0 Å². The fourth-order valence-electron chi connectivity index (χ4n) is 5.84. The summed E-state index contributed by atoms with van der Waals surface area (Å²) in [6.45, 7) is 2.78. The lowest BCUT2D eigenvalue weighted by Gasteiger charge is -2.44. The summed E-state index contributed by atoms with van der Waals surface area (Å²) in [7, 11) is 0. The summed E-state index contributed by atoms with van der Waals surface area (Å²) in [5.74, 6) is 1.92. The Labute approximate surface area is 247 Å². The second-order valence-electron chi connectivity index (χ2n) is 10.6. The van der Waals surface area contributed by atoms with Crippen molar-refractivity contribution in [3.05, 3.63) is 116 Å². The predicted octanol–water partition coefficient (Wildman–Crippen LogP) is 5.45. The van der Waals surface area contributed by atoms with Crippen molar-refractivity contribution >= 4 is 46.3 Å². The van der Waals surface area contributed by atoms with Gasteiger partial charge >= 0.3 is 0 Å². The molecule has 0 spiro atoms. The number of pyridine rings is 1. The van der Waals surface area contributed by atoms with E-state index < -0.39 is 0 Å². The average molecular weight is 585 g/mol. The first kappa shape index (κ1) is 27.4. The van der Waals surface area contributed by atoms with E-state index in [0.29, 0.717) is 35.1 Å². The maximum absolute atomic E-state index is 13.1. The Kier molecular flexibility index (Phi) is 8.25. The molecule has 2 aromatic heterocycles. The Morgan fingerprint density at radius 3 is 2.63 bits per heavy atom. The van der Waals surface area contributed by atoms with Gasteiger partial charge in [-0.2, -0.15) is 11.8 Å². The molecule has 41 heavy (non-hydrogen) atoms. The molecule has 4 heterocycles. The normalized spacial score (nSPS) is 17.5. The molecule has 9 heteroatoms. The summed E-state index contributed by atoms with van der Waals surface area (Å²) in [5.41, 5.74) is 4.43.